The second kappa shape index (κ2) is 14.9. The fourth-order valence-corrected chi connectivity index (χ4v) is 4.60. The van der Waals surface area contributed by atoms with E-state index in [2.05, 4.69) is 29.4 Å². The molecule has 0 aliphatic heterocycles. The van der Waals surface area contributed by atoms with Crippen molar-refractivity contribution in [1.82, 2.24) is 0 Å². The predicted octanol–water partition coefficient (Wildman–Crippen LogP) is 8.06. The number of carboxylic acid groups (broad SMARTS) is 1. The molecule has 10 heteroatoms. The molecule has 2 aromatic carbocycles. The Morgan fingerprint density at radius 1 is 1.08 bits per heavy atom. The van der Waals surface area contributed by atoms with Crippen molar-refractivity contribution in [2.24, 2.45) is 5.92 Å². The van der Waals surface area contributed by atoms with Crippen molar-refractivity contribution in [2.45, 2.75) is 65.8 Å². The number of carboxylic acids is 1. The lowest BCUT2D eigenvalue weighted by atomic mass is 9.93. The number of hydrogen-bond donors (Lipinski definition) is 3. The average molecular weight is 557 g/mol. The first-order valence-corrected chi connectivity index (χ1v) is 13.4. The van der Waals surface area contributed by atoms with Gasteiger partial charge in [-0.3, -0.25) is 0 Å². The zero-order valence-electron chi connectivity index (χ0n) is 21.7. The predicted molar refractivity (Wildman–Crippen MR) is 149 cm³/mol. The van der Waals surface area contributed by atoms with E-state index in [9.17, 15) is 14.0 Å². The van der Waals surface area contributed by atoms with Crippen LogP contribution in [-0.2, 0) is 4.79 Å². The highest BCUT2D eigenvalue weighted by atomic mass is 35.5. The van der Waals surface area contributed by atoms with Gasteiger partial charge in [0.2, 0.25) is 0 Å². The van der Waals surface area contributed by atoms with E-state index in [0.717, 1.165) is 38.3 Å². The summed E-state index contributed by atoms with van der Waals surface area (Å²) in [5.74, 6) is -1.36. The quantitative estimate of drug-likeness (QED) is 0.291. The maximum Gasteiger partial charge on any atom is 0.341 e. The van der Waals surface area contributed by atoms with Crippen LogP contribution in [0.25, 0.3) is 0 Å². The third-order valence-electron chi connectivity index (χ3n) is 5.72. The van der Waals surface area contributed by atoms with E-state index in [1.54, 1.807) is 6.07 Å². The van der Waals surface area contributed by atoms with Crippen LogP contribution in [0.2, 0.25) is 10.0 Å². The van der Waals surface area contributed by atoms with Gasteiger partial charge in [-0.25, -0.2) is 14.0 Å². The van der Waals surface area contributed by atoms with Crippen molar-refractivity contribution < 1.29 is 23.8 Å². The topological polar surface area (TPSA) is 90.9 Å². The molecular formula is C27H36Cl2FN3O4. The molecule has 204 valence electrons. The maximum absolute atomic E-state index is 14.2. The summed E-state index contributed by atoms with van der Waals surface area (Å²) in [6, 6.07) is 6.74. The van der Waals surface area contributed by atoms with Gasteiger partial charge in [0, 0.05) is 23.7 Å². The van der Waals surface area contributed by atoms with E-state index in [1.165, 1.54) is 24.6 Å². The minimum absolute atomic E-state index is 0.0314. The van der Waals surface area contributed by atoms with Crippen molar-refractivity contribution in [2.75, 3.05) is 28.7 Å². The number of nitrogens with zero attached hydrogens (tertiary/aromatic N) is 1. The Morgan fingerprint density at radius 3 is 2.32 bits per heavy atom. The number of halogens is 3. The summed E-state index contributed by atoms with van der Waals surface area (Å²) < 4.78 is 19.5. The minimum Gasteiger partial charge on any atom is -0.480 e. The summed E-state index contributed by atoms with van der Waals surface area (Å²) in [7, 11) is 0. The summed E-state index contributed by atoms with van der Waals surface area (Å²) in [5.41, 5.74) is 1.05. The molecule has 0 radical (unpaired) electrons. The second-order valence-corrected chi connectivity index (χ2v) is 9.87. The smallest absolute Gasteiger partial charge is 0.341 e. The number of urea groups is 1. The number of carbonyl (C=O) groups excluding carboxylic acids is 1. The molecule has 0 saturated heterocycles. The van der Waals surface area contributed by atoms with E-state index in [-0.39, 0.29) is 27.5 Å². The van der Waals surface area contributed by atoms with Gasteiger partial charge in [0.05, 0.1) is 22.1 Å². The molecule has 1 aliphatic carbocycles. The number of nitrogens with one attached hydrogen (secondary N) is 2. The van der Waals surface area contributed by atoms with Crippen LogP contribution in [0.5, 0.6) is 5.75 Å². The third kappa shape index (κ3) is 9.27. The summed E-state index contributed by atoms with van der Waals surface area (Å²) in [6.07, 6.45) is 5.46. The standard InChI is InChI=1S/C25H30Cl2FN3O4.C2H6/c1-15(2)13-31(17-6-4-3-5-7-17)22-11-18(27)23(35-14-24(32)33)12-21(22)30-25(34)29-20-9-8-16(26)10-19(20)28;1-2/h8-12,15,17H,3-7,13-14H2,1-2H3,(H,32,33)(H2,29,30,34);1-2H3. The lowest BCUT2D eigenvalue weighted by Gasteiger charge is -2.38. The van der Waals surface area contributed by atoms with E-state index in [0.29, 0.717) is 17.3 Å². The third-order valence-corrected chi connectivity index (χ3v) is 6.25. The monoisotopic (exact) mass is 555 g/mol. The molecule has 3 N–H and O–H groups in total. The van der Waals surface area contributed by atoms with Crippen molar-refractivity contribution >= 4 is 52.3 Å². The number of amides is 2. The molecule has 7 nitrogen and oxygen atoms in total. The lowest BCUT2D eigenvalue weighted by Crippen LogP contribution is -2.40. The molecule has 0 bridgehead atoms. The number of benzene rings is 2. The zero-order valence-corrected chi connectivity index (χ0v) is 23.3. The Bertz CT molecular complexity index is 1060. The van der Waals surface area contributed by atoms with Crippen LogP contribution in [0.15, 0.2) is 30.3 Å². The van der Waals surface area contributed by atoms with E-state index in [4.69, 9.17) is 33.0 Å². The van der Waals surface area contributed by atoms with Gasteiger partial charge in [0.25, 0.3) is 0 Å². The van der Waals surface area contributed by atoms with Crippen LogP contribution in [0, 0.1) is 11.7 Å². The molecule has 1 fully saturated rings. The molecule has 1 saturated carbocycles. The molecule has 2 aromatic rings. The average Bonchev–Trinajstić information content (AvgIpc) is 2.86. The molecule has 0 spiro atoms. The van der Waals surface area contributed by atoms with E-state index in [1.807, 2.05) is 13.8 Å². The van der Waals surface area contributed by atoms with Gasteiger partial charge in [0.1, 0.15) is 11.6 Å². The minimum atomic E-state index is -1.15. The maximum atomic E-state index is 14.2. The first kappa shape index (κ1) is 30.5. The highest BCUT2D eigenvalue weighted by Crippen LogP contribution is 2.40. The van der Waals surface area contributed by atoms with Gasteiger partial charge in [-0.2, -0.15) is 0 Å². The number of aliphatic carboxylic acids is 1. The van der Waals surface area contributed by atoms with Crippen molar-refractivity contribution in [3.05, 3.63) is 46.2 Å². The Balaban J connectivity index is 0.00000235. The van der Waals surface area contributed by atoms with E-state index < -0.39 is 24.4 Å². The highest BCUT2D eigenvalue weighted by molar-refractivity contribution is 6.32. The Hall–Kier alpha value is -2.71. The molecule has 1 aliphatic rings. The van der Waals surface area contributed by atoms with Gasteiger partial charge < -0.3 is 25.4 Å². The van der Waals surface area contributed by atoms with Gasteiger partial charge in [-0.05, 0) is 43.0 Å². The van der Waals surface area contributed by atoms with Crippen molar-refractivity contribution in [3.8, 4) is 5.75 Å². The number of anilines is 3. The molecule has 0 unspecified atom stereocenters. The van der Waals surface area contributed by atoms with Crippen molar-refractivity contribution in [1.29, 1.82) is 0 Å². The molecule has 37 heavy (non-hydrogen) atoms. The Kier molecular flexibility index (Phi) is 12.3. The summed E-state index contributed by atoms with van der Waals surface area (Å²) in [6.45, 7) is 8.38. The SMILES string of the molecule is CC.CC(C)CN(c1cc(Cl)c(OCC(=O)O)cc1NC(=O)Nc1ccc(Cl)cc1F)C1CCCCC1. The summed E-state index contributed by atoms with van der Waals surface area (Å²) in [4.78, 5) is 26.1. The van der Waals surface area contributed by atoms with Crippen molar-refractivity contribution in [3.63, 3.8) is 0 Å². The fraction of sp³-hybridized carbons (Fsp3) is 0.481. The molecule has 2 amide bonds. The Labute approximate surface area is 228 Å². The molecule has 3 rings (SSSR count). The number of rotatable bonds is 9. The number of carbonyl (C=O) groups is 2. The molecular weight excluding hydrogens is 520 g/mol. The van der Waals surface area contributed by atoms with Crippen LogP contribution < -0.4 is 20.3 Å². The van der Waals surface area contributed by atoms with Crippen LogP contribution >= 0.6 is 23.2 Å². The first-order chi connectivity index (χ1) is 17.6. The van der Waals surface area contributed by atoms with Crippen LogP contribution in [-0.4, -0.2) is 36.3 Å². The van der Waals surface area contributed by atoms with Gasteiger partial charge in [0.15, 0.2) is 6.61 Å². The molecule has 0 aromatic heterocycles. The van der Waals surface area contributed by atoms with Gasteiger partial charge >= 0.3 is 12.0 Å². The molecule has 0 heterocycles. The largest absolute Gasteiger partial charge is 0.480 e. The van der Waals surface area contributed by atoms with Gasteiger partial charge in [-0.1, -0.05) is 70.2 Å². The summed E-state index contributed by atoms with van der Waals surface area (Å²) >= 11 is 12.3. The van der Waals surface area contributed by atoms with Gasteiger partial charge in [-0.15, -0.1) is 0 Å². The zero-order chi connectivity index (χ0) is 27.5. The molecule has 0 atom stereocenters. The van der Waals surface area contributed by atoms with Crippen LogP contribution in [0.3, 0.4) is 0 Å². The Morgan fingerprint density at radius 2 is 1.73 bits per heavy atom. The second-order valence-electron chi connectivity index (χ2n) is 9.02. The highest BCUT2D eigenvalue weighted by Gasteiger charge is 2.26. The normalized spacial score (nSPS) is 13.4. The number of hydrogen-bond acceptors (Lipinski definition) is 4. The van der Waals surface area contributed by atoms with E-state index >= 15 is 0 Å². The lowest BCUT2D eigenvalue weighted by molar-refractivity contribution is -0.139. The van der Waals surface area contributed by atoms with Crippen LogP contribution in [0.1, 0.15) is 59.8 Å². The summed E-state index contributed by atoms with van der Waals surface area (Å²) in [5, 5.41) is 14.7. The first-order valence-electron chi connectivity index (χ1n) is 12.6. The fourth-order valence-electron chi connectivity index (χ4n) is 4.23. The number of ether oxygens (including phenoxy) is 1. The van der Waals surface area contributed by atoms with Crippen LogP contribution in [0.4, 0.5) is 26.2 Å².